The number of anilines is 1. The Morgan fingerprint density at radius 3 is 2.39 bits per heavy atom. The molecule has 0 saturated carbocycles. The molecule has 0 atom stereocenters. The van der Waals surface area contributed by atoms with E-state index in [1.165, 1.54) is 0 Å². The molecule has 0 fully saturated rings. The van der Waals surface area contributed by atoms with Crippen molar-refractivity contribution in [3.05, 3.63) is 30.0 Å². The highest BCUT2D eigenvalue weighted by Gasteiger charge is 2.19. The normalized spacial score (nSPS) is 12.3. The first-order chi connectivity index (χ1) is 8.30. The van der Waals surface area contributed by atoms with Crippen LogP contribution in [0.4, 0.5) is 5.69 Å². The second-order valence-electron chi connectivity index (χ2n) is 5.31. The highest BCUT2D eigenvalue weighted by atomic mass is 31.2. The van der Waals surface area contributed by atoms with E-state index >= 15 is 0 Å². The summed E-state index contributed by atoms with van der Waals surface area (Å²) >= 11 is 0. The van der Waals surface area contributed by atoms with Crippen LogP contribution in [0, 0.1) is 0 Å². The average molecular weight is 262 g/mol. The second kappa shape index (κ2) is 4.40. The van der Waals surface area contributed by atoms with E-state index in [-0.39, 0.29) is 0 Å². The molecule has 0 unspecified atom stereocenters. The summed E-state index contributed by atoms with van der Waals surface area (Å²) in [5.74, 6) is 0.380. The van der Waals surface area contributed by atoms with Crippen LogP contribution in [0.2, 0.25) is 0 Å². The van der Waals surface area contributed by atoms with Gasteiger partial charge in [-0.15, -0.1) is 0 Å². The van der Waals surface area contributed by atoms with Crippen molar-refractivity contribution in [3.8, 4) is 0 Å². The van der Waals surface area contributed by atoms with Crippen molar-refractivity contribution in [1.29, 1.82) is 0 Å². The molecule has 2 rings (SSSR count). The summed E-state index contributed by atoms with van der Waals surface area (Å²) in [4.78, 5) is 4.61. The third-order valence-corrected chi connectivity index (χ3v) is 4.60. The van der Waals surface area contributed by atoms with Crippen LogP contribution in [0.3, 0.4) is 0 Å². The van der Waals surface area contributed by atoms with Crippen LogP contribution in [-0.2, 0) is 4.57 Å². The molecule has 0 bridgehead atoms. The van der Waals surface area contributed by atoms with E-state index in [2.05, 4.69) is 18.8 Å². The quantitative estimate of drug-likeness (QED) is 0.668. The van der Waals surface area contributed by atoms with Gasteiger partial charge >= 0.3 is 0 Å². The molecule has 0 aliphatic carbocycles. The Bertz CT molecular complexity index is 644. The predicted octanol–water partition coefficient (Wildman–Crippen LogP) is 3.19. The molecule has 1 aromatic heterocycles. The minimum atomic E-state index is -2.41. The van der Waals surface area contributed by atoms with Gasteiger partial charge in [0.05, 0.1) is 5.52 Å². The minimum absolute atomic E-state index is 0.380. The number of aromatic nitrogens is 1. The van der Waals surface area contributed by atoms with E-state index in [0.29, 0.717) is 11.6 Å². The second-order valence-corrected chi connectivity index (χ2v) is 8.46. The van der Waals surface area contributed by atoms with Gasteiger partial charge in [0.2, 0.25) is 0 Å². The molecule has 1 aromatic carbocycles. The largest absolute Gasteiger partial charge is 0.398 e. The van der Waals surface area contributed by atoms with Crippen LogP contribution in [-0.4, -0.2) is 18.3 Å². The Kier molecular flexibility index (Phi) is 3.20. The lowest BCUT2D eigenvalue weighted by molar-refractivity contribution is 0.588. The van der Waals surface area contributed by atoms with Crippen LogP contribution in [0.25, 0.3) is 10.9 Å². The lowest BCUT2D eigenvalue weighted by atomic mass is 10.1. The third kappa shape index (κ3) is 2.28. The zero-order valence-corrected chi connectivity index (χ0v) is 12.2. The summed E-state index contributed by atoms with van der Waals surface area (Å²) in [7, 11) is -2.41. The molecule has 0 aliphatic heterocycles. The molecule has 4 heteroatoms. The van der Waals surface area contributed by atoms with Crippen molar-refractivity contribution < 1.29 is 4.57 Å². The summed E-state index contributed by atoms with van der Waals surface area (Å²) < 4.78 is 12.4. The van der Waals surface area contributed by atoms with Gasteiger partial charge in [-0.2, -0.15) is 0 Å². The lowest BCUT2D eigenvalue weighted by Gasteiger charge is -2.14. The Balaban J connectivity index is 2.80. The maximum Gasteiger partial charge on any atom is 0.112 e. The Hall–Kier alpha value is -1.34. The number of benzene rings is 1. The first-order valence-corrected chi connectivity index (χ1v) is 8.65. The van der Waals surface area contributed by atoms with E-state index < -0.39 is 7.14 Å². The molecule has 3 nitrogen and oxygen atoms in total. The zero-order chi connectivity index (χ0) is 13.5. The van der Waals surface area contributed by atoms with Crippen LogP contribution < -0.4 is 11.0 Å². The fraction of sp³-hybridized carbons (Fsp3) is 0.357. The third-order valence-electron chi connectivity index (χ3n) is 3.03. The van der Waals surface area contributed by atoms with Gasteiger partial charge < -0.3 is 10.3 Å². The minimum Gasteiger partial charge on any atom is -0.398 e. The van der Waals surface area contributed by atoms with Crippen molar-refractivity contribution in [3.63, 3.8) is 0 Å². The molecule has 2 aromatic rings. The first kappa shape index (κ1) is 13.1. The summed E-state index contributed by atoms with van der Waals surface area (Å²) in [5.41, 5.74) is 8.47. The maximum atomic E-state index is 12.4. The van der Waals surface area contributed by atoms with Gasteiger partial charge in [-0.1, -0.05) is 19.9 Å². The standard InChI is InChI=1S/C14H19N2OP/c1-9(2)12-7-5-10-13(16-12)8-6-11(15)14(10)18(3,4)17/h5-9H,15H2,1-4H3. The van der Waals surface area contributed by atoms with Gasteiger partial charge in [-0.3, -0.25) is 4.98 Å². The number of hydrogen-bond acceptors (Lipinski definition) is 3. The van der Waals surface area contributed by atoms with Crippen molar-refractivity contribution in [1.82, 2.24) is 4.98 Å². The van der Waals surface area contributed by atoms with Gasteiger partial charge in [-0.05, 0) is 37.4 Å². The van der Waals surface area contributed by atoms with Crippen molar-refractivity contribution in [2.75, 3.05) is 19.1 Å². The Morgan fingerprint density at radius 2 is 1.83 bits per heavy atom. The molecule has 0 amide bonds. The van der Waals surface area contributed by atoms with Gasteiger partial charge in [-0.25, -0.2) is 0 Å². The number of fused-ring (bicyclic) bond motifs is 1. The van der Waals surface area contributed by atoms with Crippen LogP contribution in [0.5, 0.6) is 0 Å². The first-order valence-electron chi connectivity index (χ1n) is 6.05. The highest BCUT2D eigenvalue weighted by Crippen LogP contribution is 2.40. The van der Waals surface area contributed by atoms with E-state index in [4.69, 9.17) is 5.73 Å². The molecule has 0 saturated heterocycles. The fourth-order valence-electron chi connectivity index (χ4n) is 2.14. The zero-order valence-electron chi connectivity index (χ0n) is 11.3. The van der Waals surface area contributed by atoms with Crippen LogP contribution in [0.15, 0.2) is 24.3 Å². The highest BCUT2D eigenvalue weighted by molar-refractivity contribution is 7.71. The molecule has 96 valence electrons. The summed E-state index contributed by atoms with van der Waals surface area (Å²) in [6.45, 7) is 7.71. The number of nitrogen functional groups attached to an aromatic ring is 1. The number of nitrogens with two attached hydrogens (primary N) is 1. The van der Waals surface area contributed by atoms with Gasteiger partial charge in [0.1, 0.15) is 7.14 Å². The molecule has 18 heavy (non-hydrogen) atoms. The fourth-order valence-corrected chi connectivity index (χ4v) is 3.61. The Morgan fingerprint density at radius 1 is 1.17 bits per heavy atom. The smallest absolute Gasteiger partial charge is 0.112 e. The number of nitrogens with zero attached hydrogens (tertiary/aromatic N) is 1. The van der Waals surface area contributed by atoms with Crippen molar-refractivity contribution >= 4 is 29.0 Å². The summed E-state index contributed by atoms with van der Waals surface area (Å²) in [5, 5.41) is 1.66. The topological polar surface area (TPSA) is 56.0 Å². The summed E-state index contributed by atoms with van der Waals surface area (Å²) in [6.07, 6.45) is 0. The molecule has 0 spiro atoms. The molecule has 2 N–H and O–H groups in total. The van der Waals surface area contributed by atoms with Gasteiger partial charge in [0.15, 0.2) is 0 Å². The predicted molar refractivity (Wildman–Crippen MR) is 79.3 cm³/mol. The maximum absolute atomic E-state index is 12.4. The average Bonchev–Trinajstić information content (AvgIpc) is 2.26. The van der Waals surface area contributed by atoms with Crippen molar-refractivity contribution in [2.24, 2.45) is 0 Å². The van der Waals surface area contributed by atoms with Crippen molar-refractivity contribution in [2.45, 2.75) is 19.8 Å². The Labute approximate surface area is 108 Å². The van der Waals surface area contributed by atoms with Gasteiger partial charge in [0.25, 0.3) is 0 Å². The van der Waals surface area contributed by atoms with Crippen LogP contribution >= 0.6 is 7.14 Å². The number of hydrogen-bond donors (Lipinski definition) is 1. The summed E-state index contributed by atoms with van der Waals surface area (Å²) in [6, 6.07) is 7.68. The monoisotopic (exact) mass is 262 g/mol. The molecular formula is C14H19N2OP. The lowest BCUT2D eigenvalue weighted by Crippen LogP contribution is -2.12. The molecule has 0 radical (unpaired) electrons. The van der Waals surface area contributed by atoms with E-state index in [9.17, 15) is 4.57 Å². The molecule has 0 aliphatic rings. The van der Waals surface area contributed by atoms with Crippen LogP contribution in [0.1, 0.15) is 25.5 Å². The van der Waals surface area contributed by atoms with Gasteiger partial charge in [0, 0.05) is 22.1 Å². The number of pyridine rings is 1. The van der Waals surface area contributed by atoms with E-state index in [0.717, 1.165) is 21.9 Å². The van der Waals surface area contributed by atoms with E-state index in [1.54, 1.807) is 19.4 Å². The molecule has 1 heterocycles. The molecular weight excluding hydrogens is 243 g/mol. The number of rotatable bonds is 2. The SMILES string of the molecule is CC(C)c1ccc2c(P(C)(C)=O)c(N)ccc2n1. The van der Waals surface area contributed by atoms with E-state index in [1.807, 2.05) is 18.2 Å².